The highest BCUT2D eigenvalue weighted by Crippen LogP contribution is 2.26. The number of nitrogens with zero attached hydrogens (tertiary/aromatic N) is 4. The first-order valence-corrected chi connectivity index (χ1v) is 7.37. The molecule has 0 unspecified atom stereocenters. The minimum absolute atomic E-state index is 0.0750. The summed E-state index contributed by atoms with van der Waals surface area (Å²) in [6.45, 7) is 0. The molecule has 0 atom stereocenters. The van der Waals surface area contributed by atoms with Gasteiger partial charge < -0.3 is 15.2 Å². The van der Waals surface area contributed by atoms with E-state index in [1.54, 1.807) is 6.07 Å². The predicted molar refractivity (Wildman–Crippen MR) is 88.6 cm³/mol. The number of carboxylic acid groups (broad SMARTS) is 2. The Morgan fingerprint density at radius 1 is 0.923 bits per heavy atom. The summed E-state index contributed by atoms with van der Waals surface area (Å²) in [5, 5.41) is 33.7. The summed E-state index contributed by atoms with van der Waals surface area (Å²) in [5.74, 6) is -1.52. The number of rotatable bonds is 4. The summed E-state index contributed by atoms with van der Waals surface area (Å²) in [7, 11) is 0. The molecule has 26 heavy (non-hydrogen) atoms. The average Bonchev–Trinajstić information content (AvgIpc) is 3.27. The molecule has 10 heteroatoms. The first-order valence-electron chi connectivity index (χ1n) is 7.37. The van der Waals surface area contributed by atoms with Crippen LogP contribution >= 0.6 is 0 Å². The van der Waals surface area contributed by atoms with Crippen LogP contribution in [0.4, 0.5) is 0 Å². The Morgan fingerprint density at radius 3 is 2.42 bits per heavy atom. The van der Waals surface area contributed by atoms with Crippen molar-refractivity contribution in [3.05, 3.63) is 47.7 Å². The maximum atomic E-state index is 11.2. The Kier molecular flexibility index (Phi) is 3.43. The van der Waals surface area contributed by atoms with Crippen LogP contribution in [0.15, 0.2) is 36.5 Å². The van der Waals surface area contributed by atoms with Gasteiger partial charge in [-0.1, -0.05) is 0 Å². The fourth-order valence-corrected chi connectivity index (χ4v) is 2.51. The molecule has 3 aromatic heterocycles. The standard InChI is InChI=1S/C16H10N6O4/c23-15(24)7-1-2-10-9(5-7)12(20-19-10)14-18-13(21-22-14)11-6-8(16(25)26)3-4-17-11/h1-6H,(H,19,20)(H,23,24)(H,25,26)(H,18,21,22). The van der Waals surface area contributed by atoms with Crippen molar-refractivity contribution in [2.75, 3.05) is 0 Å². The highest BCUT2D eigenvalue weighted by molar-refractivity contribution is 5.98. The van der Waals surface area contributed by atoms with E-state index in [0.29, 0.717) is 28.1 Å². The molecule has 10 nitrogen and oxygen atoms in total. The maximum absolute atomic E-state index is 11.2. The van der Waals surface area contributed by atoms with E-state index < -0.39 is 11.9 Å². The molecule has 0 bridgehead atoms. The number of hydrogen-bond donors (Lipinski definition) is 4. The van der Waals surface area contributed by atoms with Gasteiger partial charge in [-0.15, -0.1) is 10.2 Å². The van der Waals surface area contributed by atoms with Crippen LogP contribution in [-0.2, 0) is 0 Å². The summed E-state index contributed by atoms with van der Waals surface area (Å²) < 4.78 is 0. The second kappa shape index (κ2) is 5.77. The maximum Gasteiger partial charge on any atom is 0.335 e. The molecule has 0 aliphatic carbocycles. The van der Waals surface area contributed by atoms with Crippen molar-refractivity contribution >= 4 is 22.8 Å². The summed E-state index contributed by atoms with van der Waals surface area (Å²) in [6.07, 6.45) is 1.37. The number of carbonyl (C=O) groups is 2. The van der Waals surface area contributed by atoms with E-state index in [9.17, 15) is 9.59 Å². The fourth-order valence-electron chi connectivity index (χ4n) is 2.51. The van der Waals surface area contributed by atoms with Crippen LogP contribution in [0, 0.1) is 0 Å². The Hall–Kier alpha value is -4.08. The van der Waals surface area contributed by atoms with Crippen molar-refractivity contribution in [1.82, 2.24) is 30.4 Å². The molecule has 0 saturated heterocycles. The second-order valence-electron chi connectivity index (χ2n) is 5.39. The lowest BCUT2D eigenvalue weighted by Crippen LogP contribution is -1.97. The summed E-state index contributed by atoms with van der Waals surface area (Å²) >= 11 is 0. The molecule has 128 valence electrons. The number of H-pyrrole nitrogens is 2. The van der Waals surface area contributed by atoms with E-state index in [4.69, 9.17) is 10.2 Å². The Labute approximate surface area is 144 Å². The molecule has 0 saturated carbocycles. The van der Waals surface area contributed by atoms with Gasteiger partial charge >= 0.3 is 11.9 Å². The van der Waals surface area contributed by atoms with Crippen LogP contribution in [-0.4, -0.2) is 52.5 Å². The van der Waals surface area contributed by atoms with E-state index in [1.807, 2.05) is 0 Å². The van der Waals surface area contributed by atoms with E-state index in [2.05, 4.69) is 30.4 Å². The van der Waals surface area contributed by atoms with Gasteiger partial charge in [0.05, 0.1) is 16.6 Å². The molecular formula is C16H10N6O4. The van der Waals surface area contributed by atoms with Crippen molar-refractivity contribution < 1.29 is 19.8 Å². The minimum Gasteiger partial charge on any atom is -0.478 e. The quantitative estimate of drug-likeness (QED) is 0.434. The molecule has 0 spiro atoms. The zero-order chi connectivity index (χ0) is 18.3. The molecule has 4 rings (SSSR count). The number of nitrogens with one attached hydrogen (secondary N) is 2. The van der Waals surface area contributed by atoms with E-state index in [1.165, 1.54) is 30.5 Å². The van der Waals surface area contributed by atoms with Crippen LogP contribution < -0.4 is 0 Å². The van der Waals surface area contributed by atoms with Gasteiger partial charge in [0.25, 0.3) is 0 Å². The van der Waals surface area contributed by atoms with Crippen LogP contribution in [0.25, 0.3) is 33.9 Å². The van der Waals surface area contributed by atoms with E-state index in [0.717, 1.165) is 0 Å². The van der Waals surface area contributed by atoms with Gasteiger partial charge in [-0.2, -0.15) is 5.10 Å². The fraction of sp³-hybridized carbons (Fsp3) is 0. The smallest absolute Gasteiger partial charge is 0.335 e. The molecule has 4 N–H and O–H groups in total. The van der Waals surface area contributed by atoms with Crippen molar-refractivity contribution in [2.45, 2.75) is 0 Å². The number of aromatic carboxylic acids is 2. The first-order chi connectivity index (χ1) is 12.5. The van der Waals surface area contributed by atoms with Gasteiger partial charge in [-0.3, -0.25) is 10.1 Å². The lowest BCUT2D eigenvalue weighted by atomic mass is 10.1. The third kappa shape index (κ3) is 2.55. The highest BCUT2D eigenvalue weighted by atomic mass is 16.4. The van der Waals surface area contributed by atoms with Crippen molar-refractivity contribution in [3.8, 4) is 23.0 Å². The predicted octanol–water partition coefficient (Wildman–Crippen LogP) is 1.81. The third-order valence-corrected chi connectivity index (χ3v) is 3.77. The summed E-state index contributed by atoms with van der Waals surface area (Å²) in [4.78, 5) is 29.3. The van der Waals surface area contributed by atoms with Gasteiger partial charge in [0, 0.05) is 11.6 Å². The Bertz CT molecular complexity index is 1160. The molecule has 0 radical (unpaired) electrons. The summed E-state index contributed by atoms with van der Waals surface area (Å²) in [6, 6.07) is 7.29. The molecule has 0 aliphatic heterocycles. The zero-order valence-corrected chi connectivity index (χ0v) is 13.0. The number of aromatic nitrogens is 6. The molecule has 3 heterocycles. The van der Waals surface area contributed by atoms with E-state index >= 15 is 0 Å². The molecule has 1 aromatic carbocycles. The van der Waals surface area contributed by atoms with Crippen molar-refractivity contribution in [3.63, 3.8) is 0 Å². The number of hydrogen-bond acceptors (Lipinski definition) is 6. The van der Waals surface area contributed by atoms with Crippen LogP contribution in [0.3, 0.4) is 0 Å². The Morgan fingerprint density at radius 2 is 1.65 bits per heavy atom. The lowest BCUT2D eigenvalue weighted by molar-refractivity contribution is 0.0686. The zero-order valence-electron chi connectivity index (χ0n) is 13.0. The van der Waals surface area contributed by atoms with Gasteiger partial charge in [-0.05, 0) is 30.3 Å². The Balaban J connectivity index is 1.78. The van der Waals surface area contributed by atoms with Gasteiger partial charge in [0.15, 0.2) is 11.6 Å². The van der Waals surface area contributed by atoms with Gasteiger partial charge in [0.1, 0.15) is 11.4 Å². The van der Waals surface area contributed by atoms with Crippen LogP contribution in [0.2, 0.25) is 0 Å². The number of aromatic amines is 2. The normalized spacial score (nSPS) is 10.9. The number of fused-ring (bicyclic) bond motifs is 1. The largest absolute Gasteiger partial charge is 0.478 e. The lowest BCUT2D eigenvalue weighted by Gasteiger charge is -1.98. The summed E-state index contributed by atoms with van der Waals surface area (Å²) in [5.41, 5.74) is 1.56. The molecule has 0 fully saturated rings. The average molecular weight is 350 g/mol. The van der Waals surface area contributed by atoms with E-state index in [-0.39, 0.29) is 17.0 Å². The molecule has 0 aliphatic rings. The number of carboxylic acids is 2. The first kappa shape index (κ1) is 15.4. The van der Waals surface area contributed by atoms with Crippen LogP contribution in [0.1, 0.15) is 20.7 Å². The second-order valence-corrected chi connectivity index (χ2v) is 5.39. The SMILES string of the molecule is O=C(O)c1ccnc(-c2nnc(-c3[nH]nc4ccc(C(=O)O)cc34)[nH]2)c1. The minimum atomic E-state index is -1.07. The molecular weight excluding hydrogens is 340 g/mol. The topological polar surface area (TPSA) is 158 Å². The highest BCUT2D eigenvalue weighted by Gasteiger charge is 2.16. The van der Waals surface area contributed by atoms with Crippen molar-refractivity contribution in [1.29, 1.82) is 0 Å². The molecule has 0 amide bonds. The van der Waals surface area contributed by atoms with Gasteiger partial charge in [0.2, 0.25) is 0 Å². The monoisotopic (exact) mass is 350 g/mol. The number of benzene rings is 1. The van der Waals surface area contributed by atoms with Crippen molar-refractivity contribution in [2.24, 2.45) is 0 Å². The third-order valence-electron chi connectivity index (χ3n) is 3.77. The van der Waals surface area contributed by atoms with Gasteiger partial charge in [-0.25, -0.2) is 9.59 Å². The number of pyridine rings is 1. The van der Waals surface area contributed by atoms with Crippen LogP contribution in [0.5, 0.6) is 0 Å². The molecule has 4 aromatic rings.